The second-order valence-corrected chi connectivity index (χ2v) is 6.78. The van der Waals surface area contributed by atoms with Crippen molar-refractivity contribution in [2.75, 3.05) is 7.11 Å². The Labute approximate surface area is 134 Å². The normalized spacial score (nSPS) is 18.3. The molecule has 1 aromatic carbocycles. The van der Waals surface area contributed by atoms with Gasteiger partial charge in [0, 0.05) is 12.0 Å². The molecule has 4 nitrogen and oxygen atoms in total. The Kier molecular flexibility index (Phi) is 5.27. The summed E-state index contributed by atoms with van der Waals surface area (Å²) < 4.78 is 6.10. The van der Waals surface area contributed by atoms with Crippen molar-refractivity contribution in [1.29, 1.82) is 0 Å². The van der Waals surface area contributed by atoms with E-state index in [-0.39, 0.29) is 17.5 Å². The van der Waals surface area contributed by atoms with Crippen molar-refractivity contribution in [3.63, 3.8) is 0 Å². The first-order chi connectivity index (χ1) is 9.93. The molecule has 1 fully saturated rings. The summed E-state index contributed by atoms with van der Waals surface area (Å²) in [6, 6.07) is 5.77. The summed E-state index contributed by atoms with van der Waals surface area (Å²) >= 11 is 3.46. The molecule has 3 N–H and O–H groups in total. The van der Waals surface area contributed by atoms with Crippen molar-refractivity contribution >= 4 is 21.8 Å². The lowest BCUT2D eigenvalue weighted by molar-refractivity contribution is -0.122. The molecule has 0 heterocycles. The third kappa shape index (κ3) is 4.20. The summed E-state index contributed by atoms with van der Waals surface area (Å²) in [6.07, 6.45) is 4.57. The first-order valence-electron chi connectivity index (χ1n) is 7.35. The number of nitrogens with two attached hydrogens (primary N) is 1. The molecule has 0 aliphatic heterocycles. The monoisotopic (exact) mass is 354 g/mol. The van der Waals surface area contributed by atoms with E-state index in [9.17, 15) is 4.79 Å². The fourth-order valence-electron chi connectivity index (χ4n) is 2.90. The molecular weight excluding hydrogens is 332 g/mol. The molecule has 0 radical (unpaired) electrons. The van der Waals surface area contributed by atoms with Crippen LogP contribution in [0.3, 0.4) is 0 Å². The Balaban J connectivity index is 1.95. The van der Waals surface area contributed by atoms with Crippen molar-refractivity contribution < 1.29 is 9.53 Å². The van der Waals surface area contributed by atoms with Gasteiger partial charge in [0.05, 0.1) is 17.6 Å². The van der Waals surface area contributed by atoms with E-state index in [2.05, 4.69) is 21.2 Å². The third-order valence-corrected chi connectivity index (χ3v) is 4.79. The van der Waals surface area contributed by atoms with Gasteiger partial charge in [-0.1, -0.05) is 18.9 Å². The molecule has 1 atom stereocenters. The minimum absolute atomic E-state index is 0.0267. The molecule has 2 rings (SSSR count). The highest BCUT2D eigenvalue weighted by atomic mass is 79.9. The van der Waals surface area contributed by atoms with E-state index in [4.69, 9.17) is 10.5 Å². The number of carbonyl (C=O) groups excluding carboxylic acids is 1. The second-order valence-electron chi connectivity index (χ2n) is 5.93. The predicted molar refractivity (Wildman–Crippen MR) is 87.3 cm³/mol. The first-order valence-corrected chi connectivity index (χ1v) is 8.14. The highest BCUT2D eigenvalue weighted by Gasteiger charge is 2.32. The molecular formula is C16H23BrN2O2. The van der Waals surface area contributed by atoms with Crippen LogP contribution >= 0.6 is 15.9 Å². The van der Waals surface area contributed by atoms with E-state index in [1.54, 1.807) is 7.11 Å². The Hall–Kier alpha value is -1.07. The van der Waals surface area contributed by atoms with E-state index in [0.29, 0.717) is 6.42 Å². The minimum Gasteiger partial charge on any atom is -0.496 e. The molecule has 116 valence electrons. The van der Waals surface area contributed by atoms with Crippen molar-refractivity contribution in [2.45, 2.75) is 50.6 Å². The van der Waals surface area contributed by atoms with E-state index >= 15 is 0 Å². The SMILES string of the molecule is COc1ccc(C(C)NC(=O)CC2(N)CCCC2)cc1Br. The van der Waals surface area contributed by atoms with Crippen LogP contribution < -0.4 is 15.8 Å². The lowest BCUT2D eigenvalue weighted by Gasteiger charge is -2.24. The van der Waals surface area contributed by atoms with Crippen LogP contribution in [-0.2, 0) is 4.79 Å². The minimum atomic E-state index is -0.301. The molecule has 0 spiro atoms. The quantitative estimate of drug-likeness (QED) is 0.852. The van der Waals surface area contributed by atoms with E-state index < -0.39 is 0 Å². The second kappa shape index (κ2) is 6.79. The number of halogens is 1. The Bertz CT molecular complexity index is 513. The highest BCUT2D eigenvalue weighted by Crippen LogP contribution is 2.31. The molecule has 21 heavy (non-hydrogen) atoms. The zero-order valence-corrected chi connectivity index (χ0v) is 14.2. The number of hydrogen-bond acceptors (Lipinski definition) is 3. The number of rotatable bonds is 5. The Morgan fingerprint density at radius 3 is 2.71 bits per heavy atom. The summed E-state index contributed by atoms with van der Waals surface area (Å²) in [4.78, 5) is 12.2. The van der Waals surface area contributed by atoms with Gasteiger partial charge < -0.3 is 15.8 Å². The number of ether oxygens (including phenoxy) is 1. The highest BCUT2D eigenvalue weighted by molar-refractivity contribution is 9.10. The van der Waals surface area contributed by atoms with Gasteiger partial charge in [-0.05, 0) is 53.4 Å². The first kappa shape index (κ1) is 16.3. The molecule has 1 amide bonds. The predicted octanol–water partition coefficient (Wildman–Crippen LogP) is 3.30. The summed E-state index contributed by atoms with van der Waals surface area (Å²) in [5.74, 6) is 0.808. The molecule has 1 unspecified atom stereocenters. The fourth-order valence-corrected chi connectivity index (χ4v) is 3.46. The molecule has 1 aliphatic carbocycles. The summed E-state index contributed by atoms with van der Waals surface area (Å²) in [6.45, 7) is 1.98. The number of nitrogens with one attached hydrogen (secondary N) is 1. The van der Waals surface area contributed by atoms with Crippen LogP contribution in [0.25, 0.3) is 0 Å². The van der Waals surface area contributed by atoms with Gasteiger partial charge in [0.2, 0.25) is 5.91 Å². The zero-order chi connectivity index (χ0) is 15.5. The largest absolute Gasteiger partial charge is 0.496 e. The van der Waals surface area contributed by atoms with Crippen molar-refractivity contribution in [3.8, 4) is 5.75 Å². The van der Waals surface area contributed by atoms with Crippen LogP contribution in [0.5, 0.6) is 5.75 Å². The smallest absolute Gasteiger partial charge is 0.222 e. The standard InChI is InChI=1S/C16H23BrN2O2/c1-11(12-5-6-14(21-2)13(17)9-12)19-15(20)10-16(18)7-3-4-8-16/h5-6,9,11H,3-4,7-8,10,18H2,1-2H3,(H,19,20). The van der Waals surface area contributed by atoms with Crippen LogP contribution in [0, 0.1) is 0 Å². The van der Waals surface area contributed by atoms with Gasteiger partial charge in [-0.25, -0.2) is 0 Å². The topological polar surface area (TPSA) is 64.3 Å². The molecule has 0 aromatic heterocycles. The zero-order valence-electron chi connectivity index (χ0n) is 12.6. The molecule has 1 aromatic rings. The van der Waals surface area contributed by atoms with E-state index in [1.165, 1.54) is 0 Å². The Morgan fingerprint density at radius 2 is 2.14 bits per heavy atom. The summed E-state index contributed by atoms with van der Waals surface area (Å²) in [5.41, 5.74) is 6.99. The van der Waals surface area contributed by atoms with Gasteiger partial charge in [0.1, 0.15) is 5.75 Å². The number of benzene rings is 1. The maximum atomic E-state index is 12.2. The molecule has 1 aliphatic rings. The number of methoxy groups -OCH3 is 1. The lowest BCUT2D eigenvalue weighted by Crippen LogP contribution is -2.42. The maximum absolute atomic E-state index is 12.2. The van der Waals surface area contributed by atoms with Gasteiger partial charge in [-0.2, -0.15) is 0 Å². The summed E-state index contributed by atoms with van der Waals surface area (Å²) in [5, 5.41) is 3.03. The van der Waals surface area contributed by atoms with Crippen LogP contribution in [0.15, 0.2) is 22.7 Å². The van der Waals surface area contributed by atoms with Gasteiger partial charge in [0.15, 0.2) is 0 Å². The van der Waals surface area contributed by atoms with Gasteiger partial charge >= 0.3 is 0 Å². The summed E-state index contributed by atoms with van der Waals surface area (Å²) in [7, 11) is 1.63. The van der Waals surface area contributed by atoms with Gasteiger partial charge in [-0.15, -0.1) is 0 Å². The fraction of sp³-hybridized carbons (Fsp3) is 0.562. The van der Waals surface area contributed by atoms with Gasteiger partial charge in [0.25, 0.3) is 0 Å². The molecule has 1 saturated carbocycles. The Morgan fingerprint density at radius 1 is 1.48 bits per heavy atom. The average Bonchev–Trinajstić information content (AvgIpc) is 2.84. The van der Waals surface area contributed by atoms with Crippen molar-refractivity contribution in [1.82, 2.24) is 5.32 Å². The third-order valence-electron chi connectivity index (χ3n) is 4.17. The van der Waals surface area contributed by atoms with E-state index in [0.717, 1.165) is 41.5 Å². The molecule has 0 bridgehead atoms. The number of amides is 1. The molecule has 0 saturated heterocycles. The van der Waals surface area contributed by atoms with Crippen LogP contribution in [0.2, 0.25) is 0 Å². The van der Waals surface area contributed by atoms with E-state index in [1.807, 2.05) is 25.1 Å². The van der Waals surface area contributed by atoms with Crippen LogP contribution in [0.1, 0.15) is 50.6 Å². The maximum Gasteiger partial charge on any atom is 0.222 e. The van der Waals surface area contributed by atoms with Gasteiger partial charge in [-0.3, -0.25) is 4.79 Å². The lowest BCUT2D eigenvalue weighted by atomic mass is 9.94. The van der Waals surface area contributed by atoms with Crippen molar-refractivity contribution in [3.05, 3.63) is 28.2 Å². The number of hydrogen-bond donors (Lipinski definition) is 2. The van der Waals surface area contributed by atoms with Crippen LogP contribution in [0.4, 0.5) is 0 Å². The van der Waals surface area contributed by atoms with Crippen molar-refractivity contribution in [2.24, 2.45) is 5.73 Å². The molecule has 5 heteroatoms. The van der Waals surface area contributed by atoms with Crippen LogP contribution in [-0.4, -0.2) is 18.6 Å². The number of carbonyl (C=O) groups is 1. The average molecular weight is 355 g/mol.